The molecule has 0 aliphatic heterocycles. The predicted molar refractivity (Wildman–Crippen MR) is 24.1 cm³/mol. The number of nitrogens with one attached hydrogen (secondary N) is 1. The average molecular weight is 95.1 g/mol. The van der Waals surface area contributed by atoms with Gasteiger partial charge in [-0.1, -0.05) is 19.8 Å². The fourth-order valence-corrected chi connectivity index (χ4v) is 0.177. The van der Waals surface area contributed by atoms with Gasteiger partial charge in [-0.25, -0.2) is 0 Å². The summed E-state index contributed by atoms with van der Waals surface area (Å²) < 4.78 is 0. The summed E-state index contributed by atoms with van der Waals surface area (Å²) in [6.07, 6.45) is 2.21. The molecule has 0 rings (SSSR count). The monoisotopic (exact) mass is 95.1 g/mol. The van der Waals surface area contributed by atoms with Gasteiger partial charge in [-0.2, -0.15) is 6.54 Å². The van der Waals surface area contributed by atoms with E-state index in [0.717, 1.165) is 12.8 Å². The van der Waals surface area contributed by atoms with Gasteiger partial charge in [0.1, 0.15) is 0 Å². The van der Waals surface area contributed by atoms with E-state index in [9.17, 15) is 0 Å². The first kappa shape index (κ1) is 10.0. The summed E-state index contributed by atoms with van der Waals surface area (Å²) in [5.41, 5.74) is 6.60. The van der Waals surface area contributed by atoms with Crippen LogP contribution in [0.5, 0.6) is 0 Å². The smallest absolute Gasteiger partial charge is 0.677 e. The number of hydrogen-bond donors (Lipinski definition) is 0. The van der Waals surface area contributed by atoms with E-state index in [4.69, 9.17) is 5.73 Å². The van der Waals surface area contributed by atoms with Gasteiger partial charge >= 0.3 is 29.6 Å². The molecule has 6 heavy (non-hydrogen) atoms. The molecule has 0 radical (unpaired) electrons. The number of rotatable bonds is 2. The van der Waals surface area contributed by atoms with Crippen LogP contribution >= 0.6 is 0 Å². The van der Waals surface area contributed by atoms with Crippen LogP contribution in [0.4, 0.5) is 0 Å². The van der Waals surface area contributed by atoms with E-state index in [-0.39, 0.29) is 29.6 Å². The van der Waals surface area contributed by atoms with Crippen LogP contribution in [0, 0.1) is 0 Å². The summed E-state index contributed by atoms with van der Waals surface area (Å²) in [5.74, 6) is 0. The van der Waals surface area contributed by atoms with Crippen LogP contribution in [0.3, 0.4) is 0 Å². The van der Waals surface area contributed by atoms with Gasteiger partial charge in [-0.05, 0) is 0 Å². The van der Waals surface area contributed by atoms with E-state index < -0.39 is 0 Å². The van der Waals surface area contributed by atoms with Crippen LogP contribution in [-0.4, -0.2) is 6.54 Å². The molecular formula is C4H10NNa. The Morgan fingerprint density at radius 3 is 2.00 bits per heavy atom. The van der Waals surface area contributed by atoms with Crippen LogP contribution < -0.4 is 29.6 Å². The van der Waals surface area contributed by atoms with Gasteiger partial charge < -0.3 is 5.73 Å². The summed E-state index contributed by atoms with van der Waals surface area (Å²) in [6, 6.07) is 0. The molecule has 0 aromatic rings. The molecular weight excluding hydrogens is 85.0 g/mol. The van der Waals surface area contributed by atoms with Crippen molar-refractivity contribution in [3.05, 3.63) is 5.73 Å². The predicted octanol–water partition coefficient (Wildman–Crippen LogP) is -1.16. The SMILES string of the molecule is CCCC[NH-].[Na+]. The van der Waals surface area contributed by atoms with E-state index in [1.807, 2.05) is 0 Å². The minimum absolute atomic E-state index is 0. The summed E-state index contributed by atoms with van der Waals surface area (Å²) in [5, 5.41) is 0. The normalized spacial score (nSPS) is 7.00. The summed E-state index contributed by atoms with van der Waals surface area (Å²) in [6.45, 7) is 2.69. The molecule has 0 aromatic carbocycles. The maximum absolute atomic E-state index is 6.60. The fourth-order valence-electron chi connectivity index (χ4n) is 0.177. The largest absolute Gasteiger partial charge is 1.00 e. The molecule has 1 nitrogen and oxygen atoms in total. The van der Waals surface area contributed by atoms with Gasteiger partial charge in [0.25, 0.3) is 0 Å². The molecule has 0 saturated heterocycles. The first-order valence-electron chi connectivity index (χ1n) is 2.06. The topological polar surface area (TPSA) is 23.8 Å². The summed E-state index contributed by atoms with van der Waals surface area (Å²) in [4.78, 5) is 0. The Morgan fingerprint density at radius 1 is 1.50 bits per heavy atom. The molecule has 2 heteroatoms. The Balaban J connectivity index is 0. The first-order chi connectivity index (χ1) is 2.41. The third-order valence-electron chi connectivity index (χ3n) is 0.530. The second-order valence-electron chi connectivity index (χ2n) is 1.10. The molecule has 0 bridgehead atoms. The third-order valence-corrected chi connectivity index (χ3v) is 0.530. The quantitative estimate of drug-likeness (QED) is 0.386. The molecule has 0 atom stereocenters. The second kappa shape index (κ2) is 9.35. The molecule has 0 aromatic heterocycles. The van der Waals surface area contributed by atoms with E-state index in [1.165, 1.54) is 0 Å². The average Bonchev–Trinajstić information content (AvgIpc) is 1.41. The van der Waals surface area contributed by atoms with Crippen LogP contribution in [-0.2, 0) is 0 Å². The number of hydrogen-bond acceptors (Lipinski definition) is 0. The zero-order chi connectivity index (χ0) is 4.12. The molecule has 0 spiro atoms. The fraction of sp³-hybridized carbons (Fsp3) is 1.00. The van der Waals surface area contributed by atoms with Crippen LogP contribution in [0.25, 0.3) is 5.73 Å². The molecule has 0 saturated carbocycles. The van der Waals surface area contributed by atoms with Crippen molar-refractivity contribution >= 4 is 0 Å². The molecule has 0 fully saturated rings. The zero-order valence-corrected chi connectivity index (χ0v) is 6.62. The van der Waals surface area contributed by atoms with Crippen molar-refractivity contribution in [3.63, 3.8) is 0 Å². The minimum Gasteiger partial charge on any atom is -0.677 e. The molecule has 1 N–H and O–H groups in total. The van der Waals surface area contributed by atoms with E-state index >= 15 is 0 Å². The molecule has 0 aliphatic carbocycles. The number of unbranched alkanes of at least 4 members (excludes halogenated alkanes) is 1. The van der Waals surface area contributed by atoms with Gasteiger partial charge in [-0.3, -0.25) is 0 Å². The maximum atomic E-state index is 6.60. The van der Waals surface area contributed by atoms with Gasteiger partial charge in [-0.15, -0.1) is 0 Å². The van der Waals surface area contributed by atoms with Crippen molar-refractivity contribution in [3.8, 4) is 0 Å². The Morgan fingerprint density at radius 2 is 2.00 bits per heavy atom. The van der Waals surface area contributed by atoms with Crippen molar-refractivity contribution in [1.29, 1.82) is 0 Å². The van der Waals surface area contributed by atoms with E-state index in [1.54, 1.807) is 0 Å². The van der Waals surface area contributed by atoms with Crippen molar-refractivity contribution < 1.29 is 29.6 Å². The van der Waals surface area contributed by atoms with Gasteiger partial charge in [0.2, 0.25) is 0 Å². The minimum atomic E-state index is 0. The van der Waals surface area contributed by atoms with Gasteiger partial charge in [0.05, 0.1) is 0 Å². The molecule has 32 valence electrons. The summed E-state index contributed by atoms with van der Waals surface area (Å²) >= 11 is 0. The first-order valence-corrected chi connectivity index (χ1v) is 2.06. The second-order valence-corrected chi connectivity index (χ2v) is 1.10. The van der Waals surface area contributed by atoms with E-state index in [0.29, 0.717) is 6.54 Å². The van der Waals surface area contributed by atoms with Crippen molar-refractivity contribution in [2.24, 2.45) is 0 Å². The van der Waals surface area contributed by atoms with Crippen molar-refractivity contribution in [2.75, 3.05) is 6.54 Å². The Labute approximate surface area is 61.6 Å². The molecule has 0 amide bonds. The third kappa shape index (κ3) is 8.88. The molecule has 0 heterocycles. The van der Waals surface area contributed by atoms with Crippen molar-refractivity contribution in [2.45, 2.75) is 19.8 Å². The van der Waals surface area contributed by atoms with Crippen molar-refractivity contribution in [1.82, 2.24) is 0 Å². The van der Waals surface area contributed by atoms with Crippen LogP contribution in [0.15, 0.2) is 0 Å². The summed E-state index contributed by atoms with van der Waals surface area (Å²) in [7, 11) is 0. The van der Waals surface area contributed by atoms with E-state index in [2.05, 4.69) is 6.92 Å². The maximum Gasteiger partial charge on any atom is 1.00 e. The molecule has 0 aliphatic rings. The van der Waals surface area contributed by atoms with Crippen LogP contribution in [0.2, 0.25) is 0 Å². The molecule has 0 unspecified atom stereocenters. The zero-order valence-electron chi connectivity index (χ0n) is 4.62. The Bertz CT molecular complexity index is 15.0. The standard InChI is InChI=1S/C4H10N.Na/c1-2-3-4-5;/h5H,2-4H2,1H3;/q-1;+1. The Kier molecular flexibility index (Phi) is 15.7. The van der Waals surface area contributed by atoms with Crippen LogP contribution in [0.1, 0.15) is 19.8 Å². The van der Waals surface area contributed by atoms with Gasteiger partial charge in [0, 0.05) is 0 Å². The van der Waals surface area contributed by atoms with Gasteiger partial charge in [0.15, 0.2) is 0 Å². The Hall–Kier alpha value is 0.960.